The summed E-state index contributed by atoms with van der Waals surface area (Å²) < 4.78 is 34.2. The Kier molecular flexibility index (Phi) is 45.7. The number of aliphatic hydroxyl groups excluding tert-OH is 11. The number of carbonyl (C=O) groups excluding carboxylic acids is 1. The first-order valence-electron chi connectivity index (χ1n) is 34.4. The number of hydrogen-bond donors (Lipinski definition) is 12. The van der Waals surface area contributed by atoms with E-state index in [1.165, 1.54) is 135 Å². The molecule has 1 amide bonds. The smallest absolute Gasteiger partial charge is 0.220 e. The molecule has 3 aliphatic rings. The summed E-state index contributed by atoms with van der Waals surface area (Å²) in [7, 11) is 0. The van der Waals surface area contributed by atoms with E-state index < -0.39 is 124 Å². The van der Waals surface area contributed by atoms with Crippen molar-refractivity contribution in [3.05, 3.63) is 48.6 Å². The van der Waals surface area contributed by atoms with E-state index in [1.54, 1.807) is 0 Å². The molecule has 0 radical (unpaired) electrons. The standard InChI is InChI=1S/C68H123NO18/c1-3-5-7-9-10-11-12-13-14-15-16-17-18-19-20-21-22-23-24-25-26-27-28-29-30-31-32-33-34-35-36-37-38-39-40-42-44-46-56(74)69-51(52(73)45-43-41-8-6-4-2)50-82-66-62(80)59(77)64(54(48-71)84-66)87-68-63(81)60(78)65(55(49-72)85-68)86-67-61(79)58(76)57(75)53(47-70)83-67/h5,7,10-11,13-14,16-17,51-55,57-68,70-73,75-81H,3-4,6,8-9,12,15,18-50H2,1-2H3,(H,69,74)/b7-5-,11-10-,14-13-,17-16-. The van der Waals surface area contributed by atoms with Crippen molar-refractivity contribution in [1.29, 1.82) is 0 Å². The fraction of sp³-hybridized carbons (Fsp3) is 0.868. The summed E-state index contributed by atoms with van der Waals surface area (Å²) in [6.45, 7) is 1.58. The monoisotopic (exact) mass is 1240 g/mol. The average molecular weight is 1240 g/mol. The first kappa shape index (κ1) is 79.0. The molecule has 3 aliphatic heterocycles. The van der Waals surface area contributed by atoms with Crippen molar-refractivity contribution in [3.8, 4) is 0 Å². The second kappa shape index (κ2) is 50.3. The van der Waals surface area contributed by atoms with Gasteiger partial charge in [0.05, 0.1) is 38.6 Å². The molecule has 3 saturated heterocycles. The highest BCUT2D eigenvalue weighted by Gasteiger charge is 2.53. The molecule has 0 spiro atoms. The zero-order valence-electron chi connectivity index (χ0n) is 53.5. The largest absolute Gasteiger partial charge is 0.394 e. The molecule has 3 heterocycles. The van der Waals surface area contributed by atoms with Crippen LogP contribution >= 0.6 is 0 Å². The minimum atomic E-state index is -1.97. The number of unbranched alkanes of at least 4 members (excludes halogenated alkanes) is 28. The number of nitrogens with one attached hydrogen (secondary N) is 1. The highest BCUT2D eigenvalue weighted by atomic mass is 16.8. The second-order valence-electron chi connectivity index (χ2n) is 24.6. The van der Waals surface area contributed by atoms with E-state index in [1.807, 2.05) is 0 Å². The van der Waals surface area contributed by atoms with Crippen LogP contribution in [0.1, 0.15) is 245 Å². The van der Waals surface area contributed by atoms with Gasteiger partial charge in [0.25, 0.3) is 0 Å². The third kappa shape index (κ3) is 32.7. The molecule has 3 rings (SSSR count). The number of carbonyl (C=O) groups is 1. The summed E-state index contributed by atoms with van der Waals surface area (Å²) in [4.78, 5) is 13.3. The first-order chi connectivity index (χ1) is 42.3. The molecule has 17 atom stereocenters. The maximum atomic E-state index is 13.3. The van der Waals surface area contributed by atoms with Gasteiger partial charge in [-0.15, -0.1) is 0 Å². The fourth-order valence-electron chi connectivity index (χ4n) is 11.6. The maximum Gasteiger partial charge on any atom is 0.220 e. The van der Waals surface area contributed by atoms with E-state index in [9.17, 15) is 61.0 Å². The lowest BCUT2D eigenvalue weighted by Gasteiger charge is -2.48. The van der Waals surface area contributed by atoms with Gasteiger partial charge in [0.1, 0.15) is 73.2 Å². The van der Waals surface area contributed by atoms with Gasteiger partial charge in [-0.1, -0.05) is 236 Å². The van der Waals surface area contributed by atoms with Gasteiger partial charge >= 0.3 is 0 Å². The number of allylic oxidation sites excluding steroid dienone is 8. The van der Waals surface area contributed by atoms with Crippen LogP contribution < -0.4 is 5.32 Å². The molecule has 0 bridgehead atoms. The fourth-order valence-corrected chi connectivity index (χ4v) is 11.6. The van der Waals surface area contributed by atoms with E-state index in [2.05, 4.69) is 67.8 Å². The van der Waals surface area contributed by atoms with Crippen molar-refractivity contribution >= 4 is 5.91 Å². The van der Waals surface area contributed by atoms with Crippen LogP contribution in [0, 0.1) is 0 Å². The molecular formula is C68H123NO18. The van der Waals surface area contributed by atoms with E-state index in [4.69, 9.17) is 28.4 Å². The lowest BCUT2D eigenvalue weighted by molar-refractivity contribution is -0.379. The third-order valence-electron chi connectivity index (χ3n) is 17.2. The number of hydrogen-bond acceptors (Lipinski definition) is 18. The molecule has 508 valence electrons. The molecule has 0 aliphatic carbocycles. The van der Waals surface area contributed by atoms with Crippen LogP contribution in [0.5, 0.6) is 0 Å². The van der Waals surface area contributed by atoms with E-state index in [-0.39, 0.29) is 18.9 Å². The molecule has 0 aromatic carbocycles. The minimum Gasteiger partial charge on any atom is -0.394 e. The molecule has 87 heavy (non-hydrogen) atoms. The Morgan fingerprint density at radius 3 is 1.24 bits per heavy atom. The van der Waals surface area contributed by atoms with E-state index >= 15 is 0 Å². The number of ether oxygens (including phenoxy) is 6. The van der Waals surface area contributed by atoms with Crippen LogP contribution in [0.2, 0.25) is 0 Å². The molecule has 3 fully saturated rings. The van der Waals surface area contributed by atoms with Gasteiger partial charge in [-0.2, -0.15) is 0 Å². The molecule has 0 aromatic heterocycles. The SMILES string of the molecule is CC/C=C\C/C=C\C/C=C\C/C=C\CCCCCCCCCCCCCCCCCCCCCCCCCCC(=O)NC(COC1OC(CO)C(OC2OC(CO)C(OC3OC(CO)C(O)C(O)C3O)C(O)C2O)C(O)C1O)C(O)CCCCCCC. The summed E-state index contributed by atoms with van der Waals surface area (Å²) >= 11 is 0. The average Bonchev–Trinajstić information content (AvgIpc) is 2.33. The van der Waals surface area contributed by atoms with Gasteiger partial charge in [-0.05, 0) is 51.4 Å². The second-order valence-corrected chi connectivity index (χ2v) is 24.6. The van der Waals surface area contributed by atoms with Gasteiger partial charge in [-0.3, -0.25) is 4.79 Å². The first-order valence-corrected chi connectivity index (χ1v) is 34.4. The van der Waals surface area contributed by atoms with Crippen molar-refractivity contribution in [2.24, 2.45) is 0 Å². The summed E-state index contributed by atoms with van der Waals surface area (Å²) in [6, 6.07) is -0.881. The van der Waals surface area contributed by atoms with Crippen molar-refractivity contribution < 1.29 is 89.4 Å². The van der Waals surface area contributed by atoms with Crippen molar-refractivity contribution in [1.82, 2.24) is 5.32 Å². The maximum absolute atomic E-state index is 13.3. The molecule has 0 saturated carbocycles. The van der Waals surface area contributed by atoms with Gasteiger partial charge < -0.3 is 89.9 Å². The Labute approximate surface area is 523 Å². The van der Waals surface area contributed by atoms with Gasteiger partial charge in [0.15, 0.2) is 18.9 Å². The number of aliphatic hydroxyl groups is 11. The highest BCUT2D eigenvalue weighted by molar-refractivity contribution is 5.76. The van der Waals surface area contributed by atoms with E-state index in [0.29, 0.717) is 12.8 Å². The van der Waals surface area contributed by atoms with Crippen LogP contribution in [0.3, 0.4) is 0 Å². The van der Waals surface area contributed by atoms with Crippen molar-refractivity contribution in [2.75, 3.05) is 26.4 Å². The number of rotatable bonds is 52. The summed E-state index contributed by atoms with van der Waals surface area (Å²) in [5.74, 6) is -0.247. The minimum absolute atomic E-state index is 0.247. The Hall–Kier alpha value is -2.25. The normalized spacial score (nSPS) is 28.9. The Morgan fingerprint density at radius 1 is 0.425 bits per heavy atom. The van der Waals surface area contributed by atoms with Crippen LogP contribution in [0.15, 0.2) is 48.6 Å². The topological polar surface area (TPSA) is 307 Å². The lowest BCUT2D eigenvalue weighted by Crippen LogP contribution is -2.66. The molecular weight excluding hydrogens is 1120 g/mol. The van der Waals surface area contributed by atoms with Gasteiger partial charge in [0, 0.05) is 6.42 Å². The molecule has 12 N–H and O–H groups in total. The predicted octanol–water partition coefficient (Wildman–Crippen LogP) is 8.61. The quantitative estimate of drug-likeness (QED) is 0.0200. The molecule has 19 nitrogen and oxygen atoms in total. The van der Waals surface area contributed by atoms with Crippen LogP contribution in [-0.2, 0) is 33.2 Å². The highest BCUT2D eigenvalue weighted by Crippen LogP contribution is 2.33. The Balaban J connectivity index is 1.23. The Bertz CT molecular complexity index is 1770. The third-order valence-corrected chi connectivity index (χ3v) is 17.2. The molecule has 19 heteroatoms. The van der Waals surface area contributed by atoms with Crippen LogP contribution in [-0.4, -0.2) is 193 Å². The Morgan fingerprint density at radius 2 is 0.793 bits per heavy atom. The summed E-state index contributed by atoms with van der Waals surface area (Å²) in [6.07, 6.45) is 33.2. The molecule has 0 aromatic rings. The summed E-state index contributed by atoms with van der Waals surface area (Å²) in [5.41, 5.74) is 0. The van der Waals surface area contributed by atoms with Crippen LogP contribution in [0.25, 0.3) is 0 Å². The molecule has 17 unspecified atom stereocenters. The number of amides is 1. The zero-order chi connectivity index (χ0) is 63.3. The summed E-state index contributed by atoms with van der Waals surface area (Å²) in [5, 5.41) is 120. The van der Waals surface area contributed by atoms with Gasteiger partial charge in [0.2, 0.25) is 5.91 Å². The van der Waals surface area contributed by atoms with E-state index in [0.717, 1.165) is 77.0 Å². The van der Waals surface area contributed by atoms with Crippen molar-refractivity contribution in [3.63, 3.8) is 0 Å². The van der Waals surface area contributed by atoms with Gasteiger partial charge in [-0.25, -0.2) is 0 Å². The van der Waals surface area contributed by atoms with Crippen LogP contribution in [0.4, 0.5) is 0 Å². The lowest BCUT2D eigenvalue weighted by atomic mass is 9.96. The van der Waals surface area contributed by atoms with Crippen molar-refractivity contribution in [2.45, 2.75) is 349 Å². The predicted molar refractivity (Wildman–Crippen MR) is 337 cm³/mol. The zero-order valence-corrected chi connectivity index (χ0v) is 53.5.